The van der Waals surface area contributed by atoms with Crippen LogP contribution in [0.3, 0.4) is 0 Å². The first-order valence-electron chi connectivity index (χ1n) is 10.2. The van der Waals surface area contributed by atoms with Crippen LogP contribution < -0.4 is 14.8 Å². The Kier molecular flexibility index (Phi) is 5.89. The van der Waals surface area contributed by atoms with Crippen LogP contribution in [0.15, 0.2) is 66.9 Å². The summed E-state index contributed by atoms with van der Waals surface area (Å²) in [5.74, 6) is 1.31. The van der Waals surface area contributed by atoms with Gasteiger partial charge in [-0.05, 0) is 49.7 Å². The van der Waals surface area contributed by atoms with Crippen LogP contribution in [0.1, 0.15) is 21.6 Å². The predicted molar refractivity (Wildman–Crippen MR) is 121 cm³/mol. The molecule has 0 unspecified atom stereocenters. The van der Waals surface area contributed by atoms with Crippen molar-refractivity contribution in [3.8, 4) is 22.8 Å². The lowest BCUT2D eigenvalue weighted by Gasteiger charge is -2.10. The summed E-state index contributed by atoms with van der Waals surface area (Å²) in [6.45, 7) is 4.76. The van der Waals surface area contributed by atoms with Gasteiger partial charge in [0.05, 0.1) is 13.7 Å². The summed E-state index contributed by atoms with van der Waals surface area (Å²) in [6.07, 6.45) is 1.93. The van der Waals surface area contributed by atoms with E-state index in [2.05, 4.69) is 5.32 Å². The molecule has 0 aliphatic heterocycles. The number of fused-ring (bicyclic) bond motifs is 1. The number of hydrogen-bond donors (Lipinski definition) is 1. The molecule has 1 N–H and O–H groups in total. The van der Waals surface area contributed by atoms with Crippen LogP contribution >= 0.6 is 0 Å². The Labute approximate surface area is 181 Å². The van der Waals surface area contributed by atoms with Crippen molar-refractivity contribution in [1.82, 2.24) is 14.7 Å². The summed E-state index contributed by atoms with van der Waals surface area (Å²) < 4.78 is 12.7. The Morgan fingerprint density at radius 2 is 1.61 bits per heavy atom. The molecule has 0 saturated heterocycles. The molecule has 2 aromatic heterocycles. The highest BCUT2D eigenvalue weighted by Crippen LogP contribution is 2.25. The van der Waals surface area contributed by atoms with Crippen molar-refractivity contribution in [2.45, 2.75) is 13.8 Å². The number of nitrogens with zero attached hydrogens (tertiary/aromatic N) is 2. The van der Waals surface area contributed by atoms with Crippen molar-refractivity contribution in [1.29, 1.82) is 0 Å². The normalized spacial score (nSPS) is 10.8. The minimum absolute atomic E-state index is 0.188. The molecule has 0 radical (unpaired) electrons. The first-order valence-corrected chi connectivity index (χ1v) is 10.2. The van der Waals surface area contributed by atoms with E-state index in [0.717, 1.165) is 33.8 Å². The molecule has 0 atom stereocenters. The molecule has 6 nitrogen and oxygen atoms in total. The number of rotatable bonds is 7. The van der Waals surface area contributed by atoms with Crippen molar-refractivity contribution < 1.29 is 14.3 Å². The fourth-order valence-electron chi connectivity index (χ4n) is 3.37. The number of benzene rings is 2. The van der Waals surface area contributed by atoms with Gasteiger partial charge in [-0.15, -0.1) is 0 Å². The number of aromatic nitrogens is 2. The summed E-state index contributed by atoms with van der Waals surface area (Å²) in [6, 6.07) is 19.3. The van der Waals surface area contributed by atoms with Crippen molar-refractivity contribution in [3.05, 3.63) is 83.7 Å². The average molecular weight is 415 g/mol. The fraction of sp³-hybridized carbons (Fsp3) is 0.200. The molecule has 4 aromatic rings. The number of imidazole rings is 1. The van der Waals surface area contributed by atoms with E-state index in [-0.39, 0.29) is 5.91 Å². The molecule has 31 heavy (non-hydrogen) atoms. The van der Waals surface area contributed by atoms with Gasteiger partial charge in [0.25, 0.3) is 5.91 Å². The lowest BCUT2D eigenvalue weighted by molar-refractivity contribution is 0.0942. The van der Waals surface area contributed by atoms with Crippen LogP contribution in [0.2, 0.25) is 0 Å². The smallest absolute Gasteiger partial charge is 0.270 e. The molecule has 2 aromatic carbocycles. The zero-order valence-corrected chi connectivity index (χ0v) is 17.9. The predicted octanol–water partition coefficient (Wildman–Crippen LogP) is 4.44. The topological polar surface area (TPSA) is 64.9 Å². The van der Waals surface area contributed by atoms with E-state index in [1.165, 1.54) is 0 Å². The van der Waals surface area contributed by atoms with Crippen LogP contribution in [0.4, 0.5) is 0 Å². The molecule has 2 heterocycles. The van der Waals surface area contributed by atoms with Gasteiger partial charge in [0, 0.05) is 11.8 Å². The van der Waals surface area contributed by atoms with E-state index in [1.54, 1.807) is 7.11 Å². The van der Waals surface area contributed by atoms with Gasteiger partial charge in [-0.2, -0.15) is 0 Å². The molecular formula is C25H25N3O3. The van der Waals surface area contributed by atoms with Crippen LogP contribution in [-0.2, 0) is 0 Å². The molecule has 6 heteroatoms. The molecule has 0 aliphatic carbocycles. The van der Waals surface area contributed by atoms with Crippen molar-refractivity contribution in [3.63, 3.8) is 0 Å². The second-order valence-electron chi connectivity index (χ2n) is 7.39. The van der Waals surface area contributed by atoms with Crippen molar-refractivity contribution >= 4 is 11.6 Å². The number of nitrogens with one attached hydrogen (secondary N) is 1. The molecule has 1 amide bonds. The Bertz CT molecular complexity index is 1200. The Balaban J connectivity index is 1.52. The van der Waals surface area contributed by atoms with Gasteiger partial charge in [-0.1, -0.05) is 35.9 Å². The van der Waals surface area contributed by atoms with Gasteiger partial charge in [0.2, 0.25) is 0 Å². The highest BCUT2D eigenvalue weighted by Gasteiger charge is 2.20. The fourth-order valence-corrected chi connectivity index (χ4v) is 3.37. The zero-order valence-electron chi connectivity index (χ0n) is 17.9. The minimum atomic E-state index is -0.188. The van der Waals surface area contributed by atoms with Gasteiger partial charge in [-0.3, -0.25) is 9.20 Å². The minimum Gasteiger partial charge on any atom is -0.497 e. The molecule has 0 aliphatic rings. The van der Waals surface area contributed by atoms with Crippen LogP contribution in [0.25, 0.3) is 16.9 Å². The average Bonchev–Trinajstić information content (AvgIpc) is 3.16. The number of hydrogen-bond acceptors (Lipinski definition) is 4. The third-order valence-electron chi connectivity index (χ3n) is 5.02. The second-order valence-corrected chi connectivity index (χ2v) is 7.39. The van der Waals surface area contributed by atoms with Gasteiger partial charge >= 0.3 is 0 Å². The lowest BCUT2D eigenvalue weighted by atomic mass is 10.1. The summed E-state index contributed by atoms with van der Waals surface area (Å²) in [5, 5.41) is 2.96. The quantitative estimate of drug-likeness (QED) is 0.454. The largest absolute Gasteiger partial charge is 0.497 e. The SMILES string of the molecule is COc1ccc(OCCNC(=O)c2c(-c3ccc(C)cc3)nc3ccc(C)cn23)cc1. The maximum absolute atomic E-state index is 13.1. The Morgan fingerprint density at radius 3 is 2.32 bits per heavy atom. The summed E-state index contributed by atoms with van der Waals surface area (Å²) in [4.78, 5) is 17.9. The highest BCUT2D eigenvalue weighted by atomic mass is 16.5. The first-order chi connectivity index (χ1) is 15.0. The molecule has 4 rings (SSSR count). The van der Waals surface area contributed by atoms with Crippen molar-refractivity contribution in [2.24, 2.45) is 0 Å². The van der Waals surface area contributed by atoms with Gasteiger partial charge < -0.3 is 14.8 Å². The number of carbonyl (C=O) groups is 1. The van der Waals surface area contributed by atoms with Crippen LogP contribution in [-0.4, -0.2) is 35.6 Å². The molecule has 0 fully saturated rings. The standard InChI is InChI=1S/C25H25N3O3/c1-17-4-7-19(8-5-17)23-24(28-16-18(2)6-13-22(28)27-23)25(29)26-14-15-31-21-11-9-20(30-3)10-12-21/h4-13,16H,14-15H2,1-3H3,(H,26,29). The van der Waals surface area contributed by atoms with E-state index in [1.807, 2.05) is 85.1 Å². The van der Waals surface area contributed by atoms with Gasteiger partial charge in [0.1, 0.15) is 35.1 Å². The maximum Gasteiger partial charge on any atom is 0.270 e. The Morgan fingerprint density at radius 1 is 0.935 bits per heavy atom. The lowest BCUT2D eigenvalue weighted by Crippen LogP contribution is -2.29. The number of pyridine rings is 1. The van der Waals surface area contributed by atoms with E-state index in [9.17, 15) is 4.79 Å². The molecular weight excluding hydrogens is 390 g/mol. The number of aryl methyl sites for hydroxylation is 2. The third-order valence-corrected chi connectivity index (χ3v) is 5.02. The number of ether oxygens (including phenoxy) is 2. The summed E-state index contributed by atoms with van der Waals surface area (Å²) >= 11 is 0. The van der Waals surface area contributed by atoms with E-state index < -0.39 is 0 Å². The van der Waals surface area contributed by atoms with E-state index >= 15 is 0 Å². The number of carbonyl (C=O) groups excluding carboxylic acids is 1. The molecule has 0 saturated carbocycles. The Hall–Kier alpha value is -3.80. The molecule has 0 spiro atoms. The molecule has 0 bridgehead atoms. The van der Waals surface area contributed by atoms with E-state index in [0.29, 0.717) is 24.5 Å². The van der Waals surface area contributed by atoms with Crippen LogP contribution in [0, 0.1) is 13.8 Å². The zero-order chi connectivity index (χ0) is 21.8. The van der Waals surface area contributed by atoms with Gasteiger partial charge in [-0.25, -0.2) is 4.98 Å². The maximum atomic E-state index is 13.1. The number of amides is 1. The highest BCUT2D eigenvalue weighted by molar-refractivity contribution is 5.99. The summed E-state index contributed by atoms with van der Waals surface area (Å²) in [7, 11) is 1.62. The van der Waals surface area contributed by atoms with E-state index in [4.69, 9.17) is 14.5 Å². The second kappa shape index (κ2) is 8.92. The van der Waals surface area contributed by atoms with Crippen molar-refractivity contribution in [2.75, 3.05) is 20.3 Å². The monoisotopic (exact) mass is 415 g/mol. The first kappa shape index (κ1) is 20.5. The summed E-state index contributed by atoms with van der Waals surface area (Å²) in [5.41, 5.74) is 5.04. The number of methoxy groups -OCH3 is 1. The molecule has 158 valence electrons. The van der Waals surface area contributed by atoms with Crippen LogP contribution in [0.5, 0.6) is 11.5 Å². The van der Waals surface area contributed by atoms with Gasteiger partial charge in [0.15, 0.2) is 0 Å². The third kappa shape index (κ3) is 4.53.